The lowest BCUT2D eigenvalue weighted by Gasteiger charge is -1.88. The molecular formula is C11H13N. The molecule has 0 aliphatic rings. The molecule has 0 unspecified atom stereocenters. The van der Waals surface area contributed by atoms with E-state index in [1.165, 1.54) is 0 Å². The first-order chi connectivity index (χ1) is 5.93. The maximum absolute atomic E-state index is 4.27. The van der Waals surface area contributed by atoms with Crippen LogP contribution in [0.5, 0.6) is 0 Å². The predicted molar refractivity (Wildman–Crippen MR) is 54.0 cm³/mol. The van der Waals surface area contributed by atoms with Crippen molar-refractivity contribution in [2.45, 2.75) is 13.3 Å². The van der Waals surface area contributed by atoms with Gasteiger partial charge in [-0.05, 0) is 19.1 Å². The van der Waals surface area contributed by atoms with Gasteiger partial charge in [-0.2, -0.15) is 0 Å². The average Bonchev–Trinajstić information content (AvgIpc) is 2.14. The summed E-state index contributed by atoms with van der Waals surface area (Å²) in [5.74, 6) is 0. The molecule has 0 spiro atoms. The van der Waals surface area contributed by atoms with Gasteiger partial charge in [-0.1, -0.05) is 30.4 Å². The molecule has 1 aromatic carbocycles. The molecule has 0 fully saturated rings. The standard InChI is InChI=1S/C11H13N/c1-2-3-7-10-12-11-8-5-4-6-9-11/h2-6,8-10H,7H2,1H3/b3-2+,12-10?. The van der Waals surface area contributed by atoms with E-state index in [9.17, 15) is 0 Å². The lowest BCUT2D eigenvalue weighted by atomic mass is 10.3. The van der Waals surface area contributed by atoms with Gasteiger partial charge in [0.05, 0.1) is 5.69 Å². The Labute approximate surface area is 73.5 Å². The molecule has 0 atom stereocenters. The van der Waals surface area contributed by atoms with Crippen molar-refractivity contribution in [2.24, 2.45) is 4.99 Å². The van der Waals surface area contributed by atoms with Gasteiger partial charge in [0.1, 0.15) is 0 Å². The van der Waals surface area contributed by atoms with Gasteiger partial charge in [0.25, 0.3) is 0 Å². The molecule has 0 saturated carbocycles. The van der Waals surface area contributed by atoms with Crippen LogP contribution < -0.4 is 0 Å². The van der Waals surface area contributed by atoms with E-state index in [-0.39, 0.29) is 0 Å². The quantitative estimate of drug-likeness (QED) is 0.473. The van der Waals surface area contributed by atoms with E-state index in [2.05, 4.69) is 11.1 Å². The third-order valence-electron chi connectivity index (χ3n) is 1.47. The van der Waals surface area contributed by atoms with Crippen LogP contribution >= 0.6 is 0 Å². The topological polar surface area (TPSA) is 12.4 Å². The highest BCUT2D eigenvalue weighted by molar-refractivity contribution is 5.64. The van der Waals surface area contributed by atoms with Gasteiger partial charge in [-0.15, -0.1) is 0 Å². The highest BCUT2D eigenvalue weighted by Gasteiger charge is 1.80. The fourth-order valence-electron chi connectivity index (χ4n) is 0.869. The van der Waals surface area contributed by atoms with E-state index in [0.29, 0.717) is 0 Å². The van der Waals surface area contributed by atoms with E-state index in [1.807, 2.05) is 49.5 Å². The van der Waals surface area contributed by atoms with Crippen molar-refractivity contribution in [3.63, 3.8) is 0 Å². The number of para-hydroxylation sites is 1. The van der Waals surface area contributed by atoms with E-state index in [1.54, 1.807) is 0 Å². The molecule has 0 aliphatic carbocycles. The molecule has 0 bridgehead atoms. The summed E-state index contributed by atoms with van der Waals surface area (Å²) in [7, 11) is 0. The van der Waals surface area contributed by atoms with Crippen LogP contribution in [0, 0.1) is 0 Å². The Bertz CT molecular complexity index is 260. The van der Waals surface area contributed by atoms with Gasteiger partial charge in [0.2, 0.25) is 0 Å². The Morgan fingerprint density at radius 1 is 1.25 bits per heavy atom. The second kappa shape index (κ2) is 5.30. The van der Waals surface area contributed by atoms with Crippen LogP contribution in [0.1, 0.15) is 13.3 Å². The SMILES string of the molecule is C/C=C/CC=Nc1ccccc1. The van der Waals surface area contributed by atoms with Crippen LogP contribution in [0.15, 0.2) is 47.5 Å². The molecule has 0 N–H and O–H groups in total. The lowest BCUT2D eigenvalue weighted by Crippen LogP contribution is -1.68. The van der Waals surface area contributed by atoms with E-state index in [0.717, 1.165) is 12.1 Å². The number of nitrogens with zero attached hydrogens (tertiary/aromatic N) is 1. The maximum Gasteiger partial charge on any atom is 0.0625 e. The number of benzene rings is 1. The molecule has 1 heteroatoms. The van der Waals surface area contributed by atoms with Crippen molar-refractivity contribution in [3.8, 4) is 0 Å². The van der Waals surface area contributed by atoms with Crippen molar-refractivity contribution in [1.82, 2.24) is 0 Å². The Hall–Kier alpha value is -1.37. The van der Waals surface area contributed by atoms with Gasteiger partial charge < -0.3 is 0 Å². The summed E-state index contributed by atoms with van der Waals surface area (Å²) < 4.78 is 0. The fraction of sp³-hybridized carbons (Fsp3) is 0.182. The Morgan fingerprint density at radius 3 is 2.67 bits per heavy atom. The third-order valence-corrected chi connectivity index (χ3v) is 1.47. The minimum absolute atomic E-state index is 0.908. The second-order valence-electron chi connectivity index (χ2n) is 2.45. The number of aliphatic imine (C=N–C) groups is 1. The van der Waals surface area contributed by atoms with Crippen molar-refractivity contribution in [2.75, 3.05) is 0 Å². The van der Waals surface area contributed by atoms with Crippen molar-refractivity contribution >= 4 is 11.9 Å². The fourth-order valence-corrected chi connectivity index (χ4v) is 0.869. The Balaban J connectivity index is 2.47. The van der Waals surface area contributed by atoms with E-state index >= 15 is 0 Å². The zero-order valence-electron chi connectivity index (χ0n) is 7.27. The molecule has 0 amide bonds. The molecule has 0 saturated heterocycles. The average molecular weight is 159 g/mol. The molecule has 0 heterocycles. The van der Waals surface area contributed by atoms with Gasteiger partial charge in [-0.3, -0.25) is 4.99 Å². The van der Waals surface area contributed by atoms with Gasteiger partial charge in [0.15, 0.2) is 0 Å². The summed E-state index contributed by atoms with van der Waals surface area (Å²) in [6.45, 7) is 2.01. The summed E-state index contributed by atoms with van der Waals surface area (Å²) in [5.41, 5.74) is 1.02. The molecule has 1 aromatic rings. The summed E-state index contributed by atoms with van der Waals surface area (Å²) in [5, 5.41) is 0. The molecule has 1 nitrogen and oxygen atoms in total. The van der Waals surface area contributed by atoms with Gasteiger partial charge >= 0.3 is 0 Å². The van der Waals surface area contributed by atoms with Crippen molar-refractivity contribution in [1.29, 1.82) is 0 Å². The highest BCUT2D eigenvalue weighted by Crippen LogP contribution is 2.08. The smallest absolute Gasteiger partial charge is 0.0625 e. The van der Waals surface area contributed by atoms with Crippen LogP contribution in [0.2, 0.25) is 0 Å². The van der Waals surface area contributed by atoms with Gasteiger partial charge in [-0.25, -0.2) is 0 Å². The number of rotatable bonds is 3. The third kappa shape index (κ3) is 3.15. The molecule has 12 heavy (non-hydrogen) atoms. The number of allylic oxidation sites excluding steroid dienone is 2. The summed E-state index contributed by atoms with van der Waals surface area (Å²) >= 11 is 0. The largest absolute Gasteiger partial charge is 0.261 e. The Kier molecular flexibility index (Phi) is 3.86. The minimum atomic E-state index is 0.908. The predicted octanol–water partition coefficient (Wildman–Crippen LogP) is 3.36. The highest BCUT2D eigenvalue weighted by atomic mass is 14.7. The number of hydrogen-bond donors (Lipinski definition) is 0. The van der Waals surface area contributed by atoms with E-state index in [4.69, 9.17) is 0 Å². The second-order valence-corrected chi connectivity index (χ2v) is 2.45. The summed E-state index contributed by atoms with van der Waals surface area (Å²) in [6, 6.07) is 9.95. The van der Waals surface area contributed by atoms with E-state index < -0.39 is 0 Å². The first kappa shape index (κ1) is 8.72. The van der Waals surface area contributed by atoms with Crippen LogP contribution in [-0.2, 0) is 0 Å². The Morgan fingerprint density at radius 2 is 2.00 bits per heavy atom. The monoisotopic (exact) mass is 159 g/mol. The number of hydrogen-bond acceptors (Lipinski definition) is 1. The molecule has 0 aliphatic heterocycles. The van der Waals surface area contributed by atoms with Crippen LogP contribution in [0.25, 0.3) is 0 Å². The zero-order chi connectivity index (χ0) is 8.65. The first-order valence-corrected chi connectivity index (χ1v) is 4.12. The maximum atomic E-state index is 4.27. The molecular weight excluding hydrogens is 146 g/mol. The van der Waals surface area contributed by atoms with Crippen LogP contribution in [-0.4, -0.2) is 6.21 Å². The van der Waals surface area contributed by atoms with Crippen LogP contribution in [0.3, 0.4) is 0 Å². The van der Waals surface area contributed by atoms with Gasteiger partial charge in [0, 0.05) is 12.6 Å². The molecule has 0 radical (unpaired) electrons. The summed E-state index contributed by atoms with van der Waals surface area (Å²) in [6.07, 6.45) is 6.92. The normalized spacial score (nSPS) is 11.4. The van der Waals surface area contributed by atoms with Crippen molar-refractivity contribution < 1.29 is 0 Å². The lowest BCUT2D eigenvalue weighted by molar-refractivity contribution is 1.44. The minimum Gasteiger partial charge on any atom is -0.261 e. The van der Waals surface area contributed by atoms with Crippen molar-refractivity contribution in [3.05, 3.63) is 42.5 Å². The first-order valence-electron chi connectivity index (χ1n) is 4.12. The molecule has 0 aromatic heterocycles. The molecule has 1 rings (SSSR count). The zero-order valence-corrected chi connectivity index (χ0v) is 7.27. The summed E-state index contributed by atoms with van der Waals surface area (Å²) in [4.78, 5) is 4.27. The van der Waals surface area contributed by atoms with Crippen LogP contribution in [0.4, 0.5) is 5.69 Å². The molecule has 62 valence electrons.